The van der Waals surface area contributed by atoms with E-state index in [2.05, 4.69) is 13.8 Å². The summed E-state index contributed by atoms with van der Waals surface area (Å²) in [6.45, 7) is 6.75. The van der Waals surface area contributed by atoms with Gasteiger partial charge < -0.3 is 9.64 Å². The minimum Gasteiger partial charge on any atom is -0.497 e. The molecule has 1 heterocycles. The SMILES string of the molecule is COc1ccc(-n2c(C(C)N(CCC(C)C)C(=O)Cc3ccccc3)nc3cc(Cl)ccc3c2=O)cc1. The van der Waals surface area contributed by atoms with Crippen LogP contribution in [0.1, 0.15) is 44.6 Å². The van der Waals surface area contributed by atoms with Gasteiger partial charge in [0.05, 0.1) is 36.2 Å². The van der Waals surface area contributed by atoms with E-state index in [0.717, 1.165) is 12.0 Å². The second kappa shape index (κ2) is 11.6. The second-order valence-electron chi connectivity index (χ2n) is 9.58. The second-order valence-corrected chi connectivity index (χ2v) is 10.0. The molecule has 37 heavy (non-hydrogen) atoms. The molecule has 4 rings (SSSR count). The summed E-state index contributed by atoms with van der Waals surface area (Å²) in [7, 11) is 1.60. The highest BCUT2D eigenvalue weighted by Gasteiger charge is 2.27. The van der Waals surface area contributed by atoms with E-state index < -0.39 is 6.04 Å². The number of benzene rings is 3. The van der Waals surface area contributed by atoms with Gasteiger partial charge in [-0.05, 0) is 67.3 Å². The topological polar surface area (TPSA) is 64.4 Å². The number of aromatic nitrogens is 2. The summed E-state index contributed by atoms with van der Waals surface area (Å²) in [5.74, 6) is 1.56. The summed E-state index contributed by atoms with van der Waals surface area (Å²) in [5.41, 5.74) is 1.88. The van der Waals surface area contributed by atoms with Crippen LogP contribution in [0.2, 0.25) is 5.02 Å². The minimum absolute atomic E-state index is 0.0129. The number of rotatable bonds is 9. The first-order valence-corrected chi connectivity index (χ1v) is 12.9. The van der Waals surface area contributed by atoms with Crippen LogP contribution in [0.5, 0.6) is 5.75 Å². The number of amides is 1. The molecule has 0 bridgehead atoms. The van der Waals surface area contributed by atoms with Gasteiger partial charge in [-0.15, -0.1) is 0 Å². The molecule has 4 aromatic rings. The van der Waals surface area contributed by atoms with Crippen LogP contribution < -0.4 is 10.3 Å². The molecule has 1 unspecified atom stereocenters. The van der Waals surface area contributed by atoms with Crippen molar-refractivity contribution < 1.29 is 9.53 Å². The van der Waals surface area contributed by atoms with Gasteiger partial charge in [-0.1, -0.05) is 55.8 Å². The van der Waals surface area contributed by atoms with E-state index in [-0.39, 0.29) is 17.9 Å². The number of methoxy groups -OCH3 is 1. The maximum atomic E-state index is 13.8. The highest BCUT2D eigenvalue weighted by atomic mass is 35.5. The van der Waals surface area contributed by atoms with Gasteiger partial charge in [0.1, 0.15) is 11.6 Å². The van der Waals surface area contributed by atoms with Crippen molar-refractivity contribution in [2.75, 3.05) is 13.7 Å². The molecule has 0 radical (unpaired) electrons. The molecule has 192 valence electrons. The molecule has 7 heteroatoms. The van der Waals surface area contributed by atoms with Gasteiger partial charge in [-0.2, -0.15) is 0 Å². The van der Waals surface area contributed by atoms with Crippen LogP contribution in [0.4, 0.5) is 0 Å². The molecule has 0 aliphatic heterocycles. The van der Waals surface area contributed by atoms with E-state index in [1.807, 2.05) is 54.3 Å². The van der Waals surface area contributed by atoms with Gasteiger partial charge in [-0.3, -0.25) is 14.2 Å². The molecule has 0 saturated carbocycles. The number of hydrogen-bond donors (Lipinski definition) is 0. The Labute approximate surface area is 222 Å². The maximum absolute atomic E-state index is 13.8. The molecule has 0 aliphatic rings. The standard InChI is InChI=1S/C30H32ClN3O3/c1-20(2)16-17-33(28(35)18-22-8-6-5-7-9-22)21(3)29-32-27-19-23(31)10-15-26(27)30(36)34(29)24-11-13-25(37-4)14-12-24/h5-15,19-21H,16-18H2,1-4H3. The van der Waals surface area contributed by atoms with Crippen molar-refractivity contribution in [2.24, 2.45) is 5.92 Å². The molecule has 6 nitrogen and oxygen atoms in total. The Morgan fingerprint density at radius 3 is 2.38 bits per heavy atom. The Morgan fingerprint density at radius 2 is 1.73 bits per heavy atom. The predicted molar refractivity (Wildman–Crippen MR) is 149 cm³/mol. The lowest BCUT2D eigenvalue weighted by Gasteiger charge is -2.31. The Balaban J connectivity index is 1.85. The Hall–Kier alpha value is -3.64. The zero-order valence-corrected chi connectivity index (χ0v) is 22.4. The Bertz CT molecular complexity index is 1430. The van der Waals surface area contributed by atoms with Crippen LogP contribution in [-0.4, -0.2) is 34.0 Å². The third kappa shape index (κ3) is 6.03. The van der Waals surface area contributed by atoms with Crippen molar-refractivity contribution in [3.8, 4) is 11.4 Å². The molecule has 0 saturated heterocycles. The lowest BCUT2D eigenvalue weighted by atomic mass is 10.1. The van der Waals surface area contributed by atoms with E-state index in [9.17, 15) is 9.59 Å². The summed E-state index contributed by atoms with van der Waals surface area (Å²) in [6, 6.07) is 21.6. The average Bonchev–Trinajstić information content (AvgIpc) is 2.89. The van der Waals surface area contributed by atoms with Crippen LogP contribution in [0.25, 0.3) is 16.6 Å². The largest absolute Gasteiger partial charge is 0.497 e. The van der Waals surface area contributed by atoms with Crippen molar-refractivity contribution in [3.05, 3.63) is 99.6 Å². The normalized spacial score (nSPS) is 12.1. The van der Waals surface area contributed by atoms with Crippen LogP contribution in [0.15, 0.2) is 77.6 Å². The minimum atomic E-state index is -0.465. The van der Waals surface area contributed by atoms with Gasteiger partial charge in [0.25, 0.3) is 5.56 Å². The smallest absolute Gasteiger partial charge is 0.266 e. The first-order chi connectivity index (χ1) is 17.8. The van der Waals surface area contributed by atoms with Crippen molar-refractivity contribution in [2.45, 2.75) is 39.7 Å². The summed E-state index contributed by atoms with van der Waals surface area (Å²) >= 11 is 6.25. The number of ether oxygens (including phenoxy) is 1. The quantitative estimate of drug-likeness (QED) is 0.264. The third-order valence-corrected chi connectivity index (χ3v) is 6.73. The van der Waals surface area contributed by atoms with E-state index in [4.69, 9.17) is 21.3 Å². The average molecular weight is 518 g/mol. The van der Waals surface area contributed by atoms with Gasteiger partial charge in [0, 0.05) is 11.6 Å². The van der Waals surface area contributed by atoms with Crippen LogP contribution in [0, 0.1) is 5.92 Å². The molecule has 1 amide bonds. The lowest BCUT2D eigenvalue weighted by molar-refractivity contribution is -0.133. The third-order valence-electron chi connectivity index (χ3n) is 6.50. The summed E-state index contributed by atoms with van der Waals surface area (Å²) in [5, 5.41) is 0.956. The number of fused-ring (bicyclic) bond motifs is 1. The van der Waals surface area contributed by atoms with Crippen LogP contribution in [-0.2, 0) is 11.2 Å². The van der Waals surface area contributed by atoms with Crippen LogP contribution in [0.3, 0.4) is 0 Å². The highest BCUT2D eigenvalue weighted by Crippen LogP contribution is 2.26. The molecule has 3 aromatic carbocycles. The Morgan fingerprint density at radius 1 is 1.03 bits per heavy atom. The zero-order valence-electron chi connectivity index (χ0n) is 21.6. The summed E-state index contributed by atoms with van der Waals surface area (Å²) in [6.07, 6.45) is 1.10. The molecule has 0 fully saturated rings. The van der Waals surface area contributed by atoms with E-state index >= 15 is 0 Å². The molecule has 1 aromatic heterocycles. The van der Waals surface area contributed by atoms with Crippen molar-refractivity contribution in [1.29, 1.82) is 0 Å². The fourth-order valence-corrected chi connectivity index (χ4v) is 4.55. The van der Waals surface area contributed by atoms with E-state index in [1.165, 1.54) is 0 Å². The van der Waals surface area contributed by atoms with Crippen molar-refractivity contribution >= 4 is 28.4 Å². The molecule has 1 atom stereocenters. The zero-order chi connectivity index (χ0) is 26.5. The van der Waals surface area contributed by atoms with E-state index in [1.54, 1.807) is 42.0 Å². The predicted octanol–water partition coefficient (Wildman–Crippen LogP) is 6.23. The number of hydrogen-bond acceptors (Lipinski definition) is 4. The maximum Gasteiger partial charge on any atom is 0.266 e. The molecular formula is C30H32ClN3O3. The monoisotopic (exact) mass is 517 g/mol. The first kappa shape index (κ1) is 26.4. The molecular weight excluding hydrogens is 486 g/mol. The number of halogens is 1. The fourth-order valence-electron chi connectivity index (χ4n) is 4.38. The fraction of sp³-hybridized carbons (Fsp3) is 0.300. The van der Waals surface area contributed by atoms with E-state index in [0.29, 0.717) is 45.6 Å². The lowest BCUT2D eigenvalue weighted by Crippen LogP contribution is -2.39. The molecule has 0 spiro atoms. The van der Waals surface area contributed by atoms with Gasteiger partial charge in [-0.25, -0.2) is 4.98 Å². The molecule has 0 N–H and O–H groups in total. The molecule has 0 aliphatic carbocycles. The summed E-state index contributed by atoms with van der Waals surface area (Å²) < 4.78 is 6.90. The van der Waals surface area contributed by atoms with Gasteiger partial charge >= 0.3 is 0 Å². The highest BCUT2D eigenvalue weighted by molar-refractivity contribution is 6.31. The van der Waals surface area contributed by atoms with Gasteiger partial charge in [0.15, 0.2) is 0 Å². The summed E-state index contributed by atoms with van der Waals surface area (Å²) in [4.78, 5) is 34.2. The van der Waals surface area contributed by atoms with Crippen molar-refractivity contribution in [3.63, 3.8) is 0 Å². The Kier molecular flexibility index (Phi) is 8.29. The number of carbonyl (C=O) groups is 1. The van der Waals surface area contributed by atoms with Crippen LogP contribution >= 0.6 is 11.6 Å². The number of carbonyl (C=O) groups excluding carboxylic acids is 1. The van der Waals surface area contributed by atoms with Gasteiger partial charge in [0.2, 0.25) is 5.91 Å². The number of nitrogens with zero attached hydrogens (tertiary/aromatic N) is 3. The van der Waals surface area contributed by atoms with Crippen molar-refractivity contribution in [1.82, 2.24) is 14.5 Å². The first-order valence-electron chi connectivity index (χ1n) is 12.5.